The molecule has 34 heavy (non-hydrogen) atoms. The molecule has 1 heterocycles. The van der Waals surface area contributed by atoms with Gasteiger partial charge in [-0.1, -0.05) is 26.3 Å². The van der Waals surface area contributed by atoms with Crippen molar-refractivity contribution in [3.63, 3.8) is 0 Å². The van der Waals surface area contributed by atoms with E-state index in [1.165, 1.54) is 6.42 Å². The number of Topliss-reactive ketones (excluding diaryl/α,β-unsaturated/α-hetero) is 1. The first-order valence-corrected chi connectivity index (χ1v) is 12.5. The molecular formula is C26H37N5O2S. The van der Waals surface area contributed by atoms with Crippen LogP contribution in [-0.4, -0.2) is 34.7 Å². The Morgan fingerprint density at radius 1 is 1.26 bits per heavy atom. The minimum Gasteiger partial charge on any atom is -0.494 e. The number of ketones is 1. The average Bonchev–Trinajstić information content (AvgIpc) is 3.63. The lowest BCUT2D eigenvalue weighted by atomic mass is 10.1. The molecular weight excluding hydrogens is 446 g/mol. The Labute approximate surface area is 207 Å². The van der Waals surface area contributed by atoms with Gasteiger partial charge in [0.2, 0.25) is 0 Å². The van der Waals surface area contributed by atoms with Crippen LogP contribution in [0.25, 0.3) is 0 Å². The highest BCUT2D eigenvalue weighted by Crippen LogP contribution is 2.38. The molecule has 1 aliphatic rings. The second kappa shape index (κ2) is 12.6. The summed E-state index contributed by atoms with van der Waals surface area (Å²) in [6, 6.07) is 7.32. The predicted molar refractivity (Wildman–Crippen MR) is 145 cm³/mol. The molecule has 184 valence electrons. The van der Waals surface area contributed by atoms with E-state index in [4.69, 9.17) is 10.1 Å². The largest absolute Gasteiger partial charge is 0.494 e. The number of hydrogen-bond donors (Lipinski definition) is 3. The van der Waals surface area contributed by atoms with Gasteiger partial charge in [-0.15, -0.1) is 0 Å². The van der Waals surface area contributed by atoms with Crippen LogP contribution in [0.1, 0.15) is 76.7 Å². The normalized spacial score (nSPS) is 13.1. The van der Waals surface area contributed by atoms with E-state index in [-0.39, 0.29) is 22.3 Å². The molecule has 1 aliphatic carbocycles. The highest BCUT2D eigenvalue weighted by Gasteiger charge is 2.32. The molecule has 1 saturated carbocycles. The standard InChI is InChI=1S/C23H29N5O2S.C3H8/c1-6-25-22(24)15-8-7-9-17(21(15)30-5)27-18-12-19(28-31-23(2,3)4)26-13-16(18)20(29)14-10-11-14;1-3-2/h6-9,12-14,24H,10-11H2,1-5H3,(H2,26,27,28);3H2,1-2H3. The molecule has 0 amide bonds. The molecule has 0 atom stereocenters. The van der Waals surface area contributed by atoms with Gasteiger partial charge in [-0.2, -0.15) is 0 Å². The van der Waals surface area contributed by atoms with Crippen LogP contribution in [0, 0.1) is 11.3 Å². The predicted octanol–water partition coefficient (Wildman–Crippen LogP) is 7.12. The first kappa shape index (κ1) is 27.4. The maximum Gasteiger partial charge on any atom is 0.169 e. The van der Waals surface area contributed by atoms with Crippen molar-refractivity contribution in [2.45, 2.75) is 65.6 Å². The van der Waals surface area contributed by atoms with Gasteiger partial charge in [0.15, 0.2) is 17.4 Å². The molecule has 3 N–H and O–H groups in total. The summed E-state index contributed by atoms with van der Waals surface area (Å²) < 4.78 is 8.88. The Morgan fingerprint density at radius 2 is 1.94 bits per heavy atom. The number of pyridine rings is 1. The van der Waals surface area contributed by atoms with E-state index in [0.717, 1.165) is 12.8 Å². The van der Waals surface area contributed by atoms with E-state index < -0.39 is 0 Å². The monoisotopic (exact) mass is 483 g/mol. The number of carbonyl (C=O) groups excluding carboxylic acids is 1. The zero-order valence-electron chi connectivity index (χ0n) is 21.3. The number of rotatable bonds is 8. The van der Waals surface area contributed by atoms with Gasteiger partial charge in [-0.25, -0.2) is 9.98 Å². The van der Waals surface area contributed by atoms with Crippen molar-refractivity contribution in [3.05, 3.63) is 41.6 Å². The number of nitrogens with one attached hydrogen (secondary N) is 3. The average molecular weight is 484 g/mol. The molecule has 1 aromatic heterocycles. The molecule has 8 heteroatoms. The number of aromatic nitrogens is 1. The van der Waals surface area contributed by atoms with Crippen molar-refractivity contribution in [3.8, 4) is 5.75 Å². The molecule has 7 nitrogen and oxygen atoms in total. The van der Waals surface area contributed by atoms with Crippen LogP contribution in [0.3, 0.4) is 0 Å². The zero-order valence-corrected chi connectivity index (χ0v) is 22.1. The highest BCUT2D eigenvalue weighted by atomic mass is 32.2. The van der Waals surface area contributed by atoms with E-state index in [9.17, 15) is 4.79 Å². The highest BCUT2D eigenvalue weighted by molar-refractivity contribution is 8.01. The lowest BCUT2D eigenvalue weighted by molar-refractivity contribution is 0.0968. The molecule has 1 aromatic carbocycles. The number of aliphatic imine (C=N–C) groups is 1. The second-order valence-electron chi connectivity index (χ2n) is 9.02. The van der Waals surface area contributed by atoms with E-state index in [1.807, 2.05) is 18.2 Å². The number of hydrogen-bond acceptors (Lipinski definition) is 7. The minimum atomic E-state index is 0.00941. The SMILES string of the molecule is CC=NC(=N)c1cccc(Nc2cc(NSC(C)(C)C)ncc2C(=O)C2CC2)c1OC.CCC. The third kappa shape index (κ3) is 7.87. The Kier molecular flexibility index (Phi) is 10.1. The lowest BCUT2D eigenvalue weighted by Crippen LogP contribution is -2.12. The van der Waals surface area contributed by atoms with Gasteiger partial charge in [0.25, 0.3) is 0 Å². The summed E-state index contributed by atoms with van der Waals surface area (Å²) in [6.07, 6.45) is 6.29. The van der Waals surface area contributed by atoms with Crippen molar-refractivity contribution >= 4 is 47.0 Å². The molecule has 0 aliphatic heterocycles. The molecule has 0 spiro atoms. The van der Waals surface area contributed by atoms with Crippen molar-refractivity contribution in [1.29, 1.82) is 5.41 Å². The maximum atomic E-state index is 12.9. The summed E-state index contributed by atoms with van der Waals surface area (Å²) in [7, 11) is 1.56. The van der Waals surface area contributed by atoms with E-state index in [0.29, 0.717) is 34.1 Å². The van der Waals surface area contributed by atoms with Crippen LogP contribution in [0.15, 0.2) is 35.5 Å². The second-order valence-corrected chi connectivity index (χ2v) is 10.7. The van der Waals surface area contributed by atoms with Gasteiger partial charge in [-0.05, 0) is 64.6 Å². The van der Waals surface area contributed by atoms with Crippen LogP contribution in [0.4, 0.5) is 17.2 Å². The number of nitrogens with zero attached hydrogens (tertiary/aromatic N) is 2. The number of para-hydroxylation sites is 1. The fourth-order valence-corrected chi connectivity index (χ4v) is 3.49. The molecule has 2 aromatic rings. The number of methoxy groups -OCH3 is 1. The summed E-state index contributed by atoms with van der Waals surface area (Å²) in [5.41, 5.74) is 2.44. The third-order valence-electron chi connectivity index (χ3n) is 4.58. The Balaban J connectivity index is 0.00000129. The number of carbonyl (C=O) groups is 1. The van der Waals surface area contributed by atoms with Crippen molar-refractivity contribution in [1.82, 2.24) is 4.98 Å². The number of benzene rings is 1. The van der Waals surface area contributed by atoms with Gasteiger partial charge >= 0.3 is 0 Å². The lowest BCUT2D eigenvalue weighted by Gasteiger charge is -2.20. The summed E-state index contributed by atoms with van der Waals surface area (Å²) in [5, 5.41) is 11.5. The van der Waals surface area contributed by atoms with Gasteiger partial charge in [0.1, 0.15) is 5.82 Å². The van der Waals surface area contributed by atoms with Crippen LogP contribution in [0.2, 0.25) is 0 Å². The molecule has 0 unspecified atom stereocenters. The first-order valence-electron chi connectivity index (χ1n) is 11.6. The smallest absolute Gasteiger partial charge is 0.169 e. The summed E-state index contributed by atoms with van der Waals surface area (Å²) >= 11 is 1.56. The van der Waals surface area contributed by atoms with Crippen molar-refractivity contribution in [2.24, 2.45) is 10.9 Å². The summed E-state index contributed by atoms with van der Waals surface area (Å²) in [5.74, 6) is 1.44. The maximum absolute atomic E-state index is 12.9. The van der Waals surface area contributed by atoms with Crippen LogP contribution < -0.4 is 14.8 Å². The molecule has 3 rings (SSSR count). The molecule has 0 radical (unpaired) electrons. The van der Waals surface area contributed by atoms with Gasteiger partial charge in [-0.3, -0.25) is 10.2 Å². The Bertz CT molecular complexity index is 1030. The van der Waals surface area contributed by atoms with Crippen molar-refractivity contribution < 1.29 is 9.53 Å². The third-order valence-corrected chi connectivity index (χ3v) is 5.50. The van der Waals surface area contributed by atoms with E-state index >= 15 is 0 Å². The number of ether oxygens (including phenoxy) is 1. The molecule has 0 bridgehead atoms. The van der Waals surface area contributed by atoms with Crippen LogP contribution >= 0.6 is 11.9 Å². The van der Waals surface area contributed by atoms with Crippen molar-refractivity contribution in [2.75, 3.05) is 17.1 Å². The zero-order chi connectivity index (χ0) is 25.3. The number of anilines is 3. The van der Waals surface area contributed by atoms with Gasteiger partial charge in [0, 0.05) is 29.1 Å². The fourth-order valence-electron chi connectivity index (χ4n) is 2.97. The summed E-state index contributed by atoms with van der Waals surface area (Å²) in [4.78, 5) is 21.4. The van der Waals surface area contributed by atoms with E-state index in [1.54, 1.807) is 44.5 Å². The fraction of sp³-hybridized carbons (Fsp3) is 0.462. The molecule has 1 fully saturated rings. The van der Waals surface area contributed by atoms with E-state index in [2.05, 4.69) is 54.6 Å². The molecule has 0 saturated heterocycles. The van der Waals surface area contributed by atoms with Gasteiger partial charge in [0.05, 0.1) is 29.6 Å². The minimum absolute atomic E-state index is 0.00941. The number of amidine groups is 1. The van der Waals surface area contributed by atoms with Crippen LogP contribution in [0.5, 0.6) is 5.75 Å². The first-order chi connectivity index (χ1) is 16.1. The quantitative estimate of drug-likeness (QED) is 0.160. The summed E-state index contributed by atoms with van der Waals surface area (Å²) in [6.45, 7) is 12.3. The Morgan fingerprint density at radius 3 is 2.50 bits per heavy atom. The topological polar surface area (TPSA) is 99.5 Å². The Hall–Kier alpha value is -2.87. The van der Waals surface area contributed by atoms with Gasteiger partial charge < -0.3 is 14.8 Å². The van der Waals surface area contributed by atoms with Crippen LogP contribution in [-0.2, 0) is 0 Å².